The number of likely N-dealkylation sites (N-methyl/N-ethyl adjacent to an activating group) is 1. The van der Waals surface area contributed by atoms with E-state index in [4.69, 9.17) is 24.3 Å². The van der Waals surface area contributed by atoms with Crippen LogP contribution in [0.15, 0.2) is 10.6 Å². The Balaban J connectivity index is 0.000000258. The molecule has 8 heteroatoms. The number of rotatable bonds is 1. The molecule has 1 aliphatic rings. The summed E-state index contributed by atoms with van der Waals surface area (Å²) in [6, 6.07) is 0. The minimum absolute atomic E-state index is 0.629. The van der Waals surface area contributed by atoms with Gasteiger partial charge in [-0.2, -0.15) is 4.98 Å². The molecule has 0 saturated heterocycles. The lowest BCUT2D eigenvalue weighted by atomic mass is 10.1. The van der Waals surface area contributed by atoms with Crippen LogP contribution in [0.3, 0.4) is 0 Å². The number of nitrogens with zero attached hydrogens (tertiary/aromatic N) is 3. The lowest BCUT2D eigenvalue weighted by molar-refractivity contribution is -0.159. The van der Waals surface area contributed by atoms with Gasteiger partial charge in [0, 0.05) is 25.6 Å². The number of carboxylic acid groups (broad SMARTS) is 2. The quantitative estimate of drug-likeness (QED) is 0.697. The first kappa shape index (κ1) is 14.8. The van der Waals surface area contributed by atoms with E-state index in [0.717, 1.165) is 25.3 Å². The van der Waals surface area contributed by atoms with Crippen LogP contribution in [0.25, 0.3) is 5.57 Å². The topological polar surface area (TPSA) is 117 Å². The highest BCUT2D eigenvalue weighted by molar-refractivity contribution is 6.27. The van der Waals surface area contributed by atoms with E-state index in [1.165, 1.54) is 5.57 Å². The summed E-state index contributed by atoms with van der Waals surface area (Å²) in [6.45, 7) is 3.84. The molecule has 2 heterocycles. The van der Waals surface area contributed by atoms with Gasteiger partial charge in [0.1, 0.15) is 0 Å². The fourth-order valence-corrected chi connectivity index (χ4v) is 1.49. The predicted molar refractivity (Wildman–Crippen MR) is 64.4 cm³/mol. The van der Waals surface area contributed by atoms with Gasteiger partial charge in [0.05, 0.1) is 0 Å². The van der Waals surface area contributed by atoms with Gasteiger partial charge in [0.15, 0.2) is 5.82 Å². The zero-order valence-electron chi connectivity index (χ0n) is 10.7. The second-order valence-corrected chi connectivity index (χ2v) is 4.00. The second kappa shape index (κ2) is 6.64. The van der Waals surface area contributed by atoms with Crippen LogP contribution in [0.1, 0.15) is 18.1 Å². The number of aryl methyl sites for hydroxylation is 1. The lowest BCUT2D eigenvalue weighted by Crippen LogP contribution is -2.25. The molecule has 2 rings (SSSR count). The molecule has 2 N–H and O–H groups in total. The smallest absolute Gasteiger partial charge is 0.414 e. The normalized spacial score (nSPS) is 15.2. The van der Waals surface area contributed by atoms with E-state index in [2.05, 4.69) is 28.2 Å². The van der Waals surface area contributed by atoms with Crippen molar-refractivity contribution in [3.63, 3.8) is 0 Å². The Bertz CT molecular complexity index is 482. The molecule has 104 valence electrons. The molecule has 0 spiro atoms. The zero-order chi connectivity index (χ0) is 14.4. The number of carbonyl (C=O) groups is 2. The van der Waals surface area contributed by atoms with Crippen molar-refractivity contribution < 1.29 is 24.3 Å². The maximum absolute atomic E-state index is 9.10. The van der Waals surface area contributed by atoms with Crippen LogP contribution in [-0.2, 0) is 9.59 Å². The molecule has 0 aliphatic carbocycles. The second-order valence-electron chi connectivity index (χ2n) is 4.00. The summed E-state index contributed by atoms with van der Waals surface area (Å²) < 4.78 is 4.93. The summed E-state index contributed by atoms with van der Waals surface area (Å²) in [5.74, 6) is -2.28. The van der Waals surface area contributed by atoms with Crippen LogP contribution in [0, 0.1) is 6.92 Å². The number of aromatic nitrogens is 2. The Morgan fingerprint density at radius 2 is 2.00 bits per heavy atom. The minimum atomic E-state index is -1.82. The van der Waals surface area contributed by atoms with Gasteiger partial charge in [-0.1, -0.05) is 11.2 Å². The number of hydrogen-bond acceptors (Lipinski definition) is 6. The molecule has 8 nitrogen and oxygen atoms in total. The summed E-state index contributed by atoms with van der Waals surface area (Å²) in [5.41, 5.74) is 1.17. The first-order valence-corrected chi connectivity index (χ1v) is 5.54. The zero-order valence-corrected chi connectivity index (χ0v) is 10.7. The largest absolute Gasteiger partial charge is 0.473 e. The van der Waals surface area contributed by atoms with Crippen molar-refractivity contribution in [2.24, 2.45) is 0 Å². The van der Waals surface area contributed by atoms with E-state index < -0.39 is 11.9 Å². The van der Waals surface area contributed by atoms with E-state index in [1.54, 1.807) is 0 Å². The molecule has 0 radical (unpaired) electrons. The molecular formula is C11H15N3O5. The van der Waals surface area contributed by atoms with Gasteiger partial charge in [-0.25, -0.2) is 9.59 Å². The molecular weight excluding hydrogens is 254 g/mol. The number of carboxylic acids is 2. The van der Waals surface area contributed by atoms with Crippen LogP contribution >= 0.6 is 0 Å². The molecule has 1 aromatic heterocycles. The summed E-state index contributed by atoms with van der Waals surface area (Å²) in [4.78, 5) is 24.6. The molecule has 19 heavy (non-hydrogen) atoms. The standard InChI is InChI=1S/C9H13N3O.C2H2O4/c1-7-10-9(11-13-7)8-4-3-5-12(2)6-8;3-1(4)2(5)6/h4H,3,5-6H2,1-2H3;(H,3,4)(H,5,6). The fourth-order valence-electron chi connectivity index (χ4n) is 1.49. The summed E-state index contributed by atoms with van der Waals surface area (Å²) in [7, 11) is 2.10. The van der Waals surface area contributed by atoms with Crippen molar-refractivity contribution in [1.82, 2.24) is 15.0 Å². The molecule has 0 aromatic carbocycles. The first-order valence-electron chi connectivity index (χ1n) is 5.54. The SMILES string of the molecule is Cc1nc(C2=CCCN(C)C2)no1.O=C(O)C(=O)O. The van der Waals surface area contributed by atoms with Gasteiger partial charge < -0.3 is 19.6 Å². The maximum Gasteiger partial charge on any atom is 0.414 e. The van der Waals surface area contributed by atoms with Crippen molar-refractivity contribution in [2.45, 2.75) is 13.3 Å². The van der Waals surface area contributed by atoms with E-state index in [9.17, 15) is 0 Å². The third kappa shape index (κ3) is 4.88. The fraction of sp³-hybridized carbons (Fsp3) is 0.455. The Morgan fingerprint density at radius 3 is 2.42 bits per heavy atom. The van der Waals surface area contributed by atoms with Crippen molar-refractivity contribution in [2.75, 3.05) is 20.1 Å². The molecule has 0 saturated carbocycles. The first-order chi connectivity index (χ1) is 8.90. The van der Waals surface area contributed by atoms with E-state index in [1.807, 2.05) is 6.92 Å². The Labute approximate surface area is 109 Å². The molecule has 0 unspecified atom stereocenters. The monoisotopic (exact) mass is 269 g/mol. The van der Waals surface area contributed by atoms with Crippen LogP contribution in [0.5, 0.6) is 0 Å². The molecule has 0 amide bonds. The molecule has 0 bridgehead atoms. The Hall–Kier alpha value is -2.22. The van der Waals surface area contributed by atoms with Crippen molar-refractivity contribution in [1.29, 1.82) is 0 Å². The van der Waals surface area contributed by atoms with E-state index in [0.29, 0.717) is 5.89 Å². The summed E-state index contributed by atoms with van der Waals surface area (Å²) in [6.07, 6.45) is 3.25. The molecule has 1 aromatic rings. The lowest BCUT2D eigenvalue weighted by Gasteiger charge is -2.20. The highest BCUT2D eigenvalue weighted by Crippen LogP contribution is 2.16. The molecule has 0 atom stereocenters. The minimum Gasteiger partial charge on any atom is -0.473 e. The van der Waals surface area contributed by atoms with Gasteiger partial charge in [0.25, 0.3) is 0 Å². The van der Waals surface area contributed by atoms with Crippen LogP contribution < -0.4 is 0 Å². The van der Waals surface area contributed by atoms with Gasteiger partial charge in [-0.3, -0.25) is 0 Å². The van der Waals surface area contributed by atoms with Crippen molar-refractivity contribution in [3.05, 3.63) is 17.8 Å². The van der Waals surface area contributed by atoms with Crippen LogP contribution in [0.2, 0.25) is 0 Å². The van der Waals surface area contributed by atoms with Crippen LogP contribution in [0.4, 0.5) is 0 Å². The Kier molecular flexibility index (Phi) is 5.19. The summed E-state index contributed by atoms with van der Waals surface area (Å²) >= 11 is 0. The van der Waals surface area contributed by atoms with Crippen molar-refractivity contribution >= 4 is 17.5 Å². The number of aliphatic carboxylic acids is 2. The summed E-state index contributed by atoms with van der Waals surface area (Å²) in [5, 5.41) is 18.7. The van der Waals surface area contributed by atoms with Gasteiger partial charge in [0.2, 0.25) is 5.89 Å². The highest BCUT2D eigenvalue weighted by atomic mass is 16.5. The van der Waals surface area contributed by atoms with Gasteiger partial charge >= 0.3 is 11.9 Å². The van der Waals surface area contributed by atoms with Gasteiger partial charge in [-0.15, -0.1) is 0 Å². The van der Waals surface area contributed by atoms with Crippen LogP contribution in [-0.4, -0.2) is 57.3 Å². The maximum atomic E-state index is 9.10. The van der Waals surface area contributed by atoms with E-state index in [-0.39, 0.29) is 0 Å². The third-order valence-electron chi connectivity index (χ3n) is 2.34. The average Bonchev–Trinajstić information content (AvgIpc) is 2.76. The molecule has 1 aliphatic heterocycles. The van der Waals surface area contributed by atoms with E-state index >= 15 is 0 Å². The predicted octanol–water partition coefficient (Wildman–Crippen LogP) is 0.253. The van der Waals surface area contributed by atoms with Crippen molar-refractivity contribution in [3.8, 4) is 0 Å². The third-order valence-corrected chi connectivity index (χ3v) is 2.34. The van der Waals surface area contributed by atoms with Gasteiger partial charge in [-0.05, 0) is 13.5 Å². The molecule has 0 fully saturated rings. The average molecular weight is 269 g/mol. The number of hydrogen-bond donors (Lipinski definition) is 2. The Morgan fingerprint density at radius 1 is 1.37 bits per heavy atom. The highest BCUT2D eigenvalue weighted by Gasteiger charge is 2.14.